The highest BCUT2D eigenvalue weighted by atomic mass is 16.3. The van der Waals surface area contributed by atoms with Crippen molar-refractivity contribution in [3.05, 3.63) is 89.5 Å². The number of phenolic OH excluding ortho intramolecular Hbond substituents is 3. The van der Waals surface area contributed by atoms with Gasteiger partial charge < -0.3 is 25.1 Å². The molecule has 0 unspecified atom stereocenters. The van der Waals surface area contributed by atoms with Crippen molar-refractivity contribution in [3.63, 3.8) is 0 Å². The van der Waals surface area contributed by atoms with Crippen molar-refractivity contribution in [1.29, 1.82) is 0 Å². The van der Waals surface area contributed by atoms with E-state index >= 15 is 0 Å². The minimum atomic E-state index is 0.104. The molecular weight excluding hydrogens is 376 g/mol. The van der Waals surface area contributed by atoms with Crippen molar-refractivity contribution in [2.45, 2.75) is 20.0 Å². The Labute approximate surface area is 180 Å². The number of aromatic hydroxyl groups is 3. The summed E-state index contributed by atoms with van der Waals surface area (Å²) in [6.07, 6.45) is 0. The first-order chi connectivity index (χ1) is 14.2. The van der Waals surface area contributed by atoms with Crippen LogP contribution in [0.5, 0.6) is 17.2 Å². The molecule has 0 bridgehead atoms. The highest BCUT2D eigenvalue weighted by Gasteiger charge is 1.99. The van der Waals surface area contributed by atoms with E-state index in [4.69, 9.17) is 10.2 Å². The third-order valence-electron chi connectivity index (χ3n) is 3.87. The van der Waals surface area contributed by atoms with E-state index in [0.29, 0.717) is 5.75 Å². The molecular formula is C25H34N2O3. The highest BCUT2D eigenvalue weighted by molar-refractivity contribution is 5.35. The lowest BCUT2D eigenvalue weighted by Gasteiger charge is -2.10. The van der Waals surface area contributed by atoms with Crippen LogP contribution >= 0.6 is 0 Å². The number of benzene rings is 3. The molecule has 0 fully saturated rings. The molecule has 5 nitrogen and oxygen atoms in total. The maximum atomic E-state index is 9.33. The Morgan fingerprint density at radius 3 is 1.60 bits per heavy atom. The van der Waals surface area contributed by atoms with Gasteiger partial charge in [-0.25, -0.2) is 0 Å². The molecule has 0 aliphatic carbocycles. The molecule has 0 saturated carbocycles. The van der Waals surface area contributed by atoms with E-state index in [1.807, 2.05) is 43.3 Å². The van der Waals surface area contributed by atoms with Crippen LogP contribution in [0.2, 0.25) is 0 Å². The zero-order chi connectivity index (χ0) is 22.5. The molecule has 0 amide bonds. The molecule has 162 valence electrons. The molecule has 0 aliphatic heterocycles. The Morgan fingerprint density at radius 2 is 1.13 bits per heavy atom. The molecule has 0 aliphatic rings. The SMILES string of the molecule is CN(C)Cc1ccccc1.CN(C)Cc1ccccc1O.Cc1cc(O)cc(O)c1. The first-order valence-electron chi connectivity index (χ1n) is 9.77. The number of aryl methyl sites for hydroxylation is 1. The second-order valence-electron chi connectivity index (χ2n) is 7.62. The van der Waals surface area contributed by atoms with Gasteiger partial charge in [0.05, 0.1) is 0 Å². The van der Waals surface area contributed by atoms with Gasteiger partial charge in [0.25, 0.3) is 0 Å². The summed E-state index contributed by atoms with van der Waals surface area (Å²) < 4.78 is 0. The predicted molar refractivity (Wildman–Crippen MR) is 124 cm³/mol. The van der Waals surface area contributed by atoms with Crippen LogP contribution in [0.1, 0.15) is 16.7 Å². The smallest absolute Gasteiger partial charge is 0.120 e. The largest absolute Gasteiger partial charge is 0.508 e. The van der Waals surface area contributed by atoms with Crippen molar-refractivity contribution in [1.82, 2.24) is 9.80 Å². The lowest BCUT2D eigenvalue weighted by molar-refractivity contribution is 0.386. The molecule has 3 aromatic rings. The van der Waals surface area contributed by atoms with E-state index in [1.54, 1.807) is 25.1 Å². The van der Waals surface area contributed by atoms with Crippen LogP contribution in [-0.2, 0) is 13.1 Å². The molecule has 3 N–H and O–H groups in total. The quantitative estimate of drug-likeness (QED) is 0.586. The van der Waals surface area contributed by atoms with Crippen LogP contribution in [0, 0.1) is 6.92 Å². The van der Waals surface area contributed by atoms with E-state index in [2.05, 4.69) is 43.3 Å². The number of hydrogen-bond donors (Lipinski definition) is 3. The average Bonchev–Trinajstić information content (AvgIpc) is 2.63. The summed E-state index contributed by atoms with van der Waals surface area (Å²) in [4.78, 5) is 4.18. The minimum Gasteiger partial charge on any atom is -0.508 e. The molecule has 0 heterocycles. The van der Waals surface area contributed by atoms with Crippen molar-refractivity contribution < 1.29 is 15.3 Å². The van der Waals surface area contributed by atoms with Crippen molar-refractivity contribution in [2.75, 3.05) is 28.2 Å². The fourth-order valence-corrected chi connectivity index (χ4v) is 2.68. The normalized spacial score (nSPS) is 10.1. The van der Waals surface area contributed by atoms with E-state index in [1.165, 1.54) is 11.6 Å². The molecule has 0 saturated heterocycles. The van der Waals surface area contributed by atoms with Crippen LogP contribution in [0.4, 0.5) is 0 Å². The molecule has 0 spiro atoms. The maximum absolute atomic E-state index is 9.33. The summed E-state index contributed by atoms with van der Waals surface area (Å²) in [5.41, 5.74) is 3.19. The highest BCUT2D eigenvalue weighted by Crippen LogP contribution is 2.19. The molecule has 0 aromatic heterocycles. The Bertz CT molecular complexity index is 815. The predicted octanol–water partition coefficient (Wildman–Crippen LogP) is 4.61. The molecule has 3 aromatic carbocycles. The summed E-state index contributed by atoms with van der Waals surface area (Å²) in [5, 5.41) is 27.0. The topological polar surface area (TPSA) is 67.2 Å². The van der Waals surface area contributed by atoms with Gasteiger partial charge in [-0.15, -0.1) is 0 Å². The lowest BCUT2D eigenvalue weighted by Crippen LogP contribution is -2.10. The number of phenols is 3. The van der Waals surface area contributed by atoms with E-state index < -0.39 is 0 Å². The van der Waals surface area contributed by atoms with Crippen LogP contribution in [-0.4, -0.2) is 53.3 Å². The summed E-state index contributed by atoms with van der Waals surface area (Å²) >= 11 is 0. The van der Waals surface area contributed by atoms with Crippen LogP contribution in [0.25, 0.3) is 0 Å². The van der Waals surface area contributed by atoms with Crippen molar-refractivity contribution in [2.24, 2.45) is 0 Å². The van der Waals surface area contributed by atoms with Gasteiger partial charge in [0.1, 0.15) is 17.2 Å². The van der Waals surface area contributed by atoms with Gasteiger partial charge in [-0.3, -0.25) is 0 Å². The Hall–Kier alpha value is -3.02. The van der Waals surface area contributed by atoms with E-state index in [0.717, 1.165) is 24.2 Å². The number of hydrogen-bond acceptors (Lipinski definition) is 5. The molecule has 0 radical (unpaired) electrons. The summed E-state index contributed by atoms with van der Waals surface area (Å²) in [6, 6.07) is 22.3. The summed E-state index contributed by atoms with van der Waals surface area (Å²) in [6.45, 7) is 3.62. The molecule has 30 heavy (non-hydrogen) atoms. The first-order valence-corrected chi connectivity index (χ1v) is 9.77. The Balaban J connectivity index is 0.000000226. The number of rotatable bonds is 4. The zero-order valence-corrected chi connectivity index (χ0v) is 18.6. The van der Waals surface area contributed by atoms with Crippen LogP contribution in [0.15, 0.2) is 72.8 Å². The van der Waals surface area contributed by atoms with Gasteiger partial charge in [0, 0.05) is 24.7 Å². The first kappa shape index (κ1) is 25.0. The van der Waals surface area contributed by atoms with Crippen LogP contribution in [0.3, 0.4) is 0 Å². The second-order valence-corrected chi connectivity index (χ2v) is 7.62. The van der Waals surface area contributed by atoms with Gasteiger partial charge in [-0.05, 0) is 64.4 Å². The van der Waals surface area contributed by atoms with Crippen molar-refractivity contribution in [3.8, 4) is 17.2 Å². The fourth-order valence-electron chi connectivity index (χ4n) is 2.68. The zero-order valence-electron chi connectivity index (χ0n) is 18.6. The fraction of sp³-hybridized carbons (Fsp3) is 0.280. The minimum absolute atomic E-state index is 0.104. The summed E-state index contributed by atoms with van der Waals surface area (Å²) in [7, 11) is 8.11. The van der Waals surface area contributed by atoms with Crippen molar-refractivity contribution >= 4 is 0 Å². The molecule has 0 atom stereocenters. The third kappa shape index (κ3) is 11.1. The van der Waals surface area contributed by atoms with Gasteiger partial charge in [-0.2, -0.15) is 0 Å². The average molecular weight is 411 g/mol. The summed E-state index contributed by atoms with van der Waals surface area (Å²) in [5.74, 6) is 0.584. The van der Waals surface area contributed by atoms with Crippen LogP contribution < -0.4 is 0 Å². The van der Waals surface area contributed by atoms with E-state index in [-0.39, 0.29) is 11.5 Å². The molecule has 3 rings (SSSR count). The second kappa shape index (κ2) is 13.2. The van der Waals surface area contributed by atoms with Gasteiger partial charge in [-0.1, -0.05) is 48.5 Å². The standard InChI is InChI=1S/C9H13NO.C9H13N.C7H8O2/c1-10(2)7-8-5-3-4-6-9(8)11;1-10(2)8-9-6-4-3-5-7-9;1-5-2-6(8)4-7(9)3-5/h3-6,11H,7H2,1-2H3;3-7H,8H2,1-2H3;2-4,8-9H,1H3. The third-order valence-corrected chi connectivity index (χ3v) is 3.87. The van der Waals surface area contributed by atoms with E-state index in [9.17, 15) is 5.11 Å². The van der Waals surface area contributed by atoms with Gasteiger partial charge >= 0.3 is 0 Å². The number of para-hydroxylation sites is 1. The van der Waals surface area contributed by atoms with Gasteiger partial charge in [0.2, 0.25) is 0 Å². The Morgan fingerprint density at radius 1 is 0.633 bits per heavy atom. The Kier molecular flexibility index (Phi) is 11.0. The van der Waals surface area contributed by atoms with Gasteiger partial charge in [0.15, 0.2) is 0 Å². The number of nitrogens with zero attached hydrogens (tertiary/aromatic N) is 2. The molecule has 5 heteroatoms. The maximum Gasteiger partial charge on any atom is 0.120 e. The lowest BCUT2D eigenvalue weighted by atomic mass is 10.2. The monoisotopic (exact) mass is 410 g/mol.